The smallest absolute Gasteiger partial charge is 0.460 e. The van der Waals surface area contributed by atoms with E-state index in [-0.39, 0.29) is 12.8 Å². The largest absolute Gasteiger partial charge is 0.462 e. The molecule has 1 atom stereocenters. The molecule has 0 spiro atoms. The van der Waals surface area contributed by atoms with Gasteiger partial charge in [0.25, 0.3) is 0 Å². The highest BCUT2D eigenvalue weighted by molar-refractivity contribution is 5.86. The maximum absolute atomic E-state index is 14.6. The van der Waals surface area contributed by atoms with Crippen LogP contribution in [0.1, 0.15) is 46.0 Å². The van der Waals surface area contributed by atoms with E-state index < -0.39 is 84.5 Å². The van der Waals surface area contributed by atoms with Crippen LogP contribution in [0.5, 0.6) is 0 Å². The lowest BCUT2D eigenvalue weighted by atomic mass is 9.83. The lowest BCUT2D eigenvalue weighted by Gasteiger charge is -2.44. The molecule has 0 aliphatic carbocycles. The molecule has 0 aromatic heterocycles. The normalized spacial score (nSPS) is 15.8. The van der Waals surface area contributed by atoms with Gasteiger partial charge in [0.05, 0.1) is 5.92 Å². The molecule has 0 saturated carbocycles. The molecule has 1 unspecified atom stereocenters. The van der Waals surface area contributed by atoms with Gasteiger partial charge in [-0.1, -0.05) is 39.2 Å². The average molecular weight is 616 g/mol. The van der Waals surface area contributed by atoms with Crippen LogP contribution in [0.3, 0.4) is 0 Å². The topological polar surface area (TPSA) is 26.3 Å². The molecule has 0 amide bonds. The van der Waals surface area contributed by atoms with Gasteiger partial charge in [0.1, 0.15) is 6.61 Å². The molecule has 0 aliphatic rings. The van der Waals surface area contributed by atoms with Crippen molar-refractivity contribution in [2.24, 2.45) is 5.92 Å². The molecule has 0 aliphatic heterocycles. The van der Waals surface area contributed by atoms with E-state index in [1.807, 2.05) is 0 Å². The average Bonchev–Trinajstić information content (AvgIpc) is 2.76. The van der Waals surface area contributed by atoms with Crippen LogP contribution >= 0.6 is 0 Å². The molecule has 0 radical (unpaired) electrons. The van der Waals surface area contributed by atoms with Crippen molar-refractivity contribution >= 4 is 5.97 Å². The van der Waals surface area contributed by atoms with Crippen LogP contribution in [0.25, 0.3) is 0 Å². The Bertz CT molecular complexity index is 861. The zero-order chi connectivity index (χ0) is 31.7. The van der Waals surface area contributed by atoms with Crippen LogP contribution in [0.2, 0.25) is 0 Å². The van der Waals surface area contributed by atoms with Gasteiger partial charge in [0.15, 0.2) is 0 Å². The molecule has 0 fully saturated rings. The van der Waals surface area contributed by atoms with Gasteiger partial charge in [0.2, 0.25) is 0 Å². The molecule has 0 heterocycles. The van der Waals surface area contributed by atoms with E-state index in [1.54, 1.807) is 6.92 Å². The Kier molecular flexibility index (Phi) is 10.9. The summed E-state index contributed by atoms with van der Waals surface area (Å²) in [6.45, 7) is 3.45. The predicted molar refractivity (Wildman–Crippen MR) is 98.7 cm³/mol. The van der Waals surface area contributed by atoms with Crippen molar-refractivity contribution < 1.29 is 84.2 Å². The van der Waals surface area contributed by atoms with Crippen molar-refractivity contribution in [1.29, 1.82) is 0 Å². The summed E-state index contributed by atoms with van der Waals surface area (Å²) in [6.07, 6.45) is -9.22. The van der Waals surface area contributed by atoms with E-state index in [0.717, 1.165) is 6.92 Å². The number of ether oxygens (including phenoxy) is 1. The molecule has 19 heteroatoms. The fourth-order valence-corrected chi connectivity index (χ4v) is 2.92. The van der Waals surface area contributed by atoms with Crippen LogP contribution in [-0.2, 0) is 9.53 Å². The Balaban J connectivity index is 6.75. The fourth-order valence-electron chi connectivity index (χ4n) is 2.92. The molecule has 232 valence electrons. The highest BCUT2D eigenvalue weighted by Gasteiger charge is 2.95. The number of hydrogen-bond donors (Lipinski definition) is 0. The molecule has 0 bridgehead atoms. The number of carbonyl (C=O) groups excluding carboxylic acids is 1. The Morgan fingerprint density at radius 1 is 0.641 bits per heavy atom. The second kappa shape index (κ2) is 11.5. The summed E-state index contributed by atoms with van der Waals surface area (Å²) >= 11 is 0. The summed E-state index contributed by atoms with van der Waals surface area (Å²) in [4.78, 5) is 11.4. The van der Waals surface area contributed by atoms with Crippen LogP contribution in [0.15, 0.2) is 12.2 Å². The Labute approximate surface area is 209 Å². The van der Waals surface area contributed by atoms with Gasteiger partial charge < -0.3 is 4.74 Å². The number of unbranched alkanes of at least 4 members (excludes halogenated alkanes) is 3. The van der Waals surface area contributed by atoms with Gasteiger partial charge >= 0.3 is 53.6 Å². The van der Waals surface area contributed by atoms with E-state index in [9.17, 15) is 79.4 Å². The van der Waals surface area contributed by atoms with E-state index in [2.05, 4.69) is 11.3 Å². The molecule has 0 saturated heterocycles. The lowest BCUT2D eigenvalue weighted by Crippen LogP contribution is -2.75. The zero-order valence-corrected chi connectivity index (χ0v) is 19.8. The first kappa shape index (κ1) is 37.0. The summed E-state index contributed by atoms with van der Waals surface area (Å²) in [5.41, 5.74) is -0.570. The van der Waals surface area contributed by atoms with Gasteiger partial charge in [-0.05, 0) is 13.3 Å². The minimum atomic E-state index is -8.69. The maximum atomic E-state index is 14.6. The van der Waals surface area contributed by atoms with E-state index in [1.165, 1.54) is 0 Å². The highest BCUT2D eigenvalue weighted by atomic mass is 19.4. The summed E-state index contributed by atoms with van der Waals surface area (Å²) in [5, 5.41) is 0. The van der Waals surface area contributed by atoms with E-state index >= 15 is 0 Å². The van der Waals surface area contributed by atoms with Gasteiger partial charge in [-0.2, -0.15) is 74.6 Å². The number of esters is 1. The van der Waals surface area contributed by atoms with Crippen molar-refractivity contribution in [3.05, 3.63) is 12.2 Å². The standard InChI is InChI=1S/C20H21F17O2/c1-4-5-6-7-8-11(9-39-12(38)10(2)3)13(21,22)14(23,24)15(25,26)16(27,28)17(29,30)18(31,32)19(33,34)20(35,36)37/h11H,2,4-9H2,1,3H3. The maximum Gasteiger partial charge on any atom is 0.460 e. The summed E-state index contributed by atoms with van der Waals surface area (Å²) in [5.74, 6) is -61.9. The van der Waals surface area contributed by atoms with Gasteiger partial charge in [-0.25, -0.2) is 4.79 Å². The third kappa shape index (κ3) is 6.20. The number of hydrogen-bond acceptors (Lipinski definition) is 2. The summed E-state index contributed by atoms with van der Waals surface area (Å²) < 4.78 is 234. The molecule has 0 rings (SSSR count). The molecule has 0 aromatic rings. The van der Waals surface area contributed by atoms with Gasteiger partial charge in [0, 0.05) is 5.57 Å². The van der Waals surface area contributed by atoms with Crippen molar-refractivity contribution in [2.75, 3.05) is 6.61 Å². The third-order valence-corrected chi connectivity index (χ3v) is 5.43. The summed E-state index contributed by atoms with van der Waals surface area (Å²) in [7, 11) is 0. The SMILES string of the molecule is C=C(C)C(=O)OCC(CCCCCC)C(F)(F)C(F)(F)C(F)(F)C(F)(F)C(F)(F)C(F)(F)C(F)(F)C(F)(F)F. The first-order valence-corrected chi connectivity index (χ1v) is 10.6. The second-order valence-corrected chi connectivity index (χ2v) is 8.49. The number of halogens is 17. The first-order valence-electron chi connectivity index (χ1n) is 10.6. The number of rotatable bonds is 15. The van der Waals surface area contributed by atoms with Crippen LogP contribution in [0, 0.1) is 5.92 Å². The highest BCUT2D eigenvalue weighted by Crippen LogP contribution is 2.64. The van der Waals surface area contributed by atoms with E-state index in [4.69, 9.17) is 0 Å². The quantitative estimate of drug-likeness (QED) is 0.0797. The van der Waals surface area contributed by atoms with Crippen molar-refractivity contribution in [3.63, 3.8) is 0 Å². The van der Waals surface area contributed by atoms with Gasteiger partial charge in [-0.3, -0.25) is 0 Å². The van der Waals surface area contributed by atoms with Gasteiger partial charge in [-0.15, -0.1) is 0 Å². The minimum Gasteiger partial charge on any atom is -0.462 e. The number of carbonyl (C=O) groups is 1. The second-order valence-electron chi connectivity index (χ2n) is 8.49. The minimum absolute atomic E-state index is 0.0908. The molecule has 2 nitrogen and oxygen atoms in total. The molecule has 39 heavy (non-hydrogen) atoms. The van der Waals surface area contributed by atoms with E-state index in [0.29, 0.717) is 6.42 Å². The molecule has 0 N–H and O–H groups in total. The Morgan fingerprint density at radius 2 is 1.03 bits per heavy atom. The van der Waals surface area contributed by atoms with Crippen LogP contribution < -0.4 is 0 Å². The van der Waals surface area contributed by atoms with Crippen LogP contribution in [0.4, 0.5) is 74.6 Å². The Hall–Kier alpha value is -1.98. The Morgan fingerprint density at radius 3 is 1.38 bits per heavy atom. The zero-order valence-electron chi connectivity index (χ0n) is 19.8. The summed E-state index contributed by atoms with van der Waals surface area (Å²) in [6, 6.07) is 0. The van der Waals surface area contributed by atoms with Crippen molar-refractivity contribution in [1.82, 2.24) is 0 Å². The van der Waals surface area contributed by atoms with Crippen LogP contribution in [-0.4, -0.2) is 60.2 Å². The van der Waals surface area contributed by atoms with Crippen molar-refractivity contribution in [2.45, 2.75) is 93.6 Å². The van der Waals surface area contributed by atoms with Crippen molar-refractivity contribution in [3.8, 4) is 0 Å². The molecular weight excluding hydrogens is 595 g/mol. The first-order chi connectivity index (χ1) is 17.0. The third-order valence-electron chi connectivity index (χ3n) is 5.43. The number of alkyl halides is 17. The monoisotopic (exact) mass is 616 g/mol. The predicted octanol–water partition coefficient (Wildman–Crippen LogP) is 8.70. The molecule has 0 aromatic carbocycles. The lowest BCUT2D eigenvalue weighted by molar-refractivity contribution is -0.463. The fraction of sp³-hybridized carbons (Fsp3) is 0.850. The molecular formula is C20H21F17O2.